The number of furan rings is 1. The van der Waals surface area contributed by atoms with Crippen molar-refractivity contribution in [2.75, 3.05) is 0 Å². The number of nitrogens with one attached hydrogen (secondary N) is 1. The summed E-state index contributed by atoms with van der Waals surface area (Å²) in [4.78, 5) is 10.2. The Kier molecular flexibility index (Phi) is 6.49. The average molecular weight is 643 g/mol. The van der Waals surface area contributed by atoms with E-state index >= 15 is 0 Å². The molecule has 2 aromatic heterocycles. The zero-order valence-electron chi connectivity index (χ0n) is 27.0. The largest absolute Gasteiger partial charge is 0.455 e. The zero-order valence-corrected chi connectivity index (χ0v) is 27.0. The van der Waals surface area contributed by atoms with Crippen LogP contribution in [0.2, 0.25) is 0 Å². The predicted octanol–water partition coefficient (Wildman–Crippen LogP) is 10.8. The van der Waals surface area contributed by atoms with Crippen molar-refractivity contribution in [2.24, 2.45) is 9.98 Å². The lowest BCUT2D eigenvalue weighted by Gasteiger charge is -2.23. The third kappa shape index (κ3) is 4.55. The molecule has 1 unspecified atom stereocenters. The first kappa shape index (κ1) is 28.3. The Bertz CT molecular complexity index is 2780. The Morgan fingerprint density at radius 1 is 0.540 bits per heavy atom. The van der Waals surface area contributed by atoms with Crippen LogP contribution in [0.3, 0.4) is 0 Å². The molecule has 0 amide bonds. The van der Waals surface area contributed by atoms with Crippen molar-refractivity contribution in [1.29, 1.82) is 0 Å². The summed E-state index contributed by atoms with van der Waals surface area (Å²) in [5.74, 6) is 1.42. The van der Waals surface area contributed by atoms with Crippen LogP contribution in [0.5, 0.6) is 0 Å². The Labute approximate surface area is 288 Å². The van der Waals surface area contributed by atoms with Crippen LogP contribution < -0.4 is 5.32 Å². The Balaban J connectivity index is 1.16. The second-order valence-electron chi connectivity index (χ2n) is 12.6. The normalized spacial score (nSPS) is 14.6. The lowest BCUT2D eigenvalue weighted by Crippen LogP contribution is -2.33. The highest BCUT2D eigenvalue weighted by Crippen LogP contribution is 2.41. The minimum Gasteiger partial charge on any atom is -0.455 e. The van der Waals surface area contributed by atoms with Crippen LogP contribution in [0, 0.1) is 0 Å². The molecule has 1 N–H and O–H groups in total. The lowest BCUT2D eigenvalue weighted by atomic mass is 9.97. The van der Waals surface area contributed by atoms with E-state index in [9.17, 15) is 0 Å². The van der Waals surface area contributed by atoms with Gasteiger partial charge in [0.15, 0.2) is 5.84 Å². The molecule has 0 radical (unpaired) electrons. The Morgan fingerprint density at radius 3 is 2.06 bits per heavy atom. The molecule has 0 fully saturated rings. The topological polar surface area (TPSA) is 54.8 Å². The minimum absolute atomic E-state index is 0.293. The summed E-state index contributed by atoms with van der Waals surface area (Å²) in [6.07, 6.45) is -0.293. The number of rotatable bonds is 5. The van der Waals surface area contributed by atoms with E-state index in [1.807, 2.05) is 36.4 Å². The number of aromatic nitrogens is 1. The van der Waals surface area contributed by atoms with Crippen LogP contribution in [0.1, 0.15) is 22.9 Å². The minimum atomic E-state index is -0.293. The van der Waals surface area contributed by atoms with Gasteiger partial charge in [0.1, 0.15) is 23.2 Å². The smallest absolute Gasteiger partial charge is 0.163 e. The molecule has 3 heterocycles. The molecule has 5 nitrogen and oxygen atoms in total. The summed E-state index contributed by atoms with van der Waals surface area (Å²) in [5.41, 5.74) is 10.3. The maximum Gasteiger partial charge on any atom is 0.163 e. The molecular formula is C45H30N4O. The Morgan fingerprint density at radius 2 is 1.22 bits per heavy atom. The van der Waals surface area contributed by atoms with Crippen LogP contribution in [0.15, 0.2) is 184 Å². The standard InChI is InChI=1S/C45H30N4O/c1-4-14-29(15-5-1)43-46-44(30-16-6-2-7-17-30)48-45(47-43)36-23-12-22-35-41-33(21-13-25-40(41)50-42(35)36)31-26-27-39-37(28-31)34-20-10-11-24-38(34)49(39)32-18-8-3-9-19-32/h1-28,43H,(H,46,47,48). The molecule has 10 rings (SSSR count). The van der Waals surface area contributed by atoms with E-state index in [0.29, 0.717) is 5.84 Å². The van der Waals surface area contributed by atoms with Gasteiger partial charge in [-0.25, -0.2) is 9.98 Å². The fourth-order valence-corrected chi connectivity index (χ4v) is 7.38. The summed E-state index contributed by atoms with van der Waals surface area (Å²) < 4.78 is 9.07. The van der Waals surface area contributed by atoms with Gasteiger partial charge in [-0.15, -0.1) is 0 Å². The van der Waals surface area contributed by atoms with E-state index in [1.54, 1.807) is 0 Å². The fourth-order valence-electron chi connectivity index (χ4n) is 7.38. The maximum absolute atomic E-state index is 6.73. The Hall–Kier alpha value is -6.72. The van der Waals surface area contributed by atoms with Crippen molar-refractivity contribution in [3.8, 4) is 16.8 Å². The van der Waals surface area contributed by atoms with E-state index < -0.39 is 0 Å². The SMILES string of the molecule is c1ccc(C2=NC(c3cccc4c3oc3cccc(-c5ccc6c(c5)c5ccccc5n6-c5ccccc5)c34)=NC(c3ccccc3)N2)cc1. The van der Waals surface area contributed by atoms with Crippen LogP contribution >= 0.6 is 0 Å². The van der Waals surface area contributed by atoms with Crippen molar-refractivity contribution in [1.82, 2.24) is 9.88 Å². The predicted molar refractivity (Wildman–Crippen MR) is 205 cm³/mol. The van der Waals surface area contributed by atoms with Gasteiger partial charge in [-0.2, -0.15) is 0 Å². The summed E-state index contributed by atoms with van der Waals surface area (Å²) in [7, 11) is 0. The third-order valence-corrected chi connectivity index (χ3v) is 9.67. The summed E-state index contributed by atoms with van der Waals surface area (Å²) in [6.45, 7) is 0. The van der Waals surface area contributed by atoms with Crippen LogP contribution in [0.25, 0.3) is 60.6 Å². The molecule has 1 atom stereocenters. The van der Waals surface area contributed by atoms with Crippen molar-refractivity contribution < 1.29 is 4.42 Å². The van der Waals surface area contributed by atoms with Crippen LogP contribution in [0.4, 0.5) is 0 Å². The van der Waals surface area contributed by atoms with Crippen molar-refractivity contribution >= 4 is 55.4 Å². The molecule has 0 saturated heterocycles. The molecule has 0 aliphatic carbocycles. The molecular weight excluding hydrogens is 613 g/mol. The number of hydrogen-bond acceptors (Lipinski definition) is 4. The number of fused-ring (bicyclic) bond motifs is 6. The average Bonchev–Trinajstić information content (AvgIpc) is 3.74. The molecule has 0 bridgehead atoms. The number of benzene rings is 7. The number of aliphatic imine (C=N–C) groups is 2. The molecule has 1 aliphatic rings. The fraction of sp³-hybridized carbons (Fsp3) is 0.0222. The summed E-state index contributed by atoms with van der Waals surface area (Å²) in [5, 5.41) is 8.12. The third-order valence-electron chi connectivity index (χ3n) is 9.67. The van der Waals surface area contributed by atoms with Crippen LogP contribution in [-0.2, 0) is 0 Å². The highest BCUT2D eigenvalue weighted by molar-refractivity contribution is 6.21. The summed E-state index contributed by atoms with van der Waals surface area (Å²) >= 11 is 0. The van der Waals surface area contributed by atoms with Crippen molar-refractivity contribution in [3.05, 3.63) is 187 Å². The number of nitrogens with zero attached hydrogens (tertiary/aromatic N) is 3. The first-order valence-corrected chi connectivity index (χ1v) is 16.9. The molecule has 5 heteroatoms. The molecule has 1 aliphatic heterocycles. The molecule has 236 valence electrons. The monoisotopic (exact) mass is 642 g/mol. The van der Waals surface area contributed by atoms with Gasteiger partial charge in [-0.3, -0.25) is 0 Å². The second-order valence-corrected chi connectivity index (χ2v) is 12.6. The number of hydrogen-bond donors (Lipinski definition) is 1. The molecule has 50 heavy (non-hydrogen) atoms. The molecule has 9 aromatic rings. The van der Waals surface area contributed by atoms with E-state index in [-0.39, 0.29) is 6.17 Å². The summed E-state index contributed by atoms with van der Waals surface area (Å²) in [6, 6.07) is 59.1. The van der Waals surface area contributed by atoms with Crippen molar-refractivity contribution in [2.45, 2.75) is 6.17 Å². The highest BCUT2D eigenvalue weighted by Gasteiger charge is 2.24. The van der Waals surface area contributed by atoms with Gasteiger partial charge in [-0.05, 0) is 59.2 Å². The van der Waals surface area contributed by atoms with Gasteiger partial charge < -0.3 is 14.3 Å². The van der Waals surface area contributed by atoms with Gasteiger partial charge in [0.05, 0.1) is 16.6 Å². The van der Waals surface area contributed by atoms with Crippen molar-refractivity contribution in [3.63, 3.8) is 0 Å². The molecule has 0 saturated carbocycles. The van der Waals surface area contributed by atoms with E-state index in [4.69, 9.17) is 14.4 Å². The quantitative estimate of drug-likeness (QED) is 0.203. The number of amidine groups is 2. The maximum atomic E-state index is 6.73. The van der Waals surface area contributed by atoms with Gasteiger partial charge in [0, 0.05) is 32.8 Å². The molecule has 7 aromatic carbocycles. The van der Waals surface area contributed by atoms with E-state index in [2.05, 4.69) is 143 Å². The first-order chi connectivity index (χ1) is 24.8. The highest BCUT2D eigenvalue weighted by atomic mass is 16.3. The first-order valence-electron chi connectivity index (χ1n) is 16.9. The second kappa shape index (κ2) is 11.5. The lowest BCUT2D eigenvalue weighted by molar-refractivity contribution is 0.663. The molecule has 0 spiro atoms. The van der Waals surface area contributed by atoms with Gasteiger partial charge >= 0.3 is 0 Å². The van der Waals surface area contributed by atoms with Crippen LogP contribution in [-0.4, -0.2) is 16.2 Å². The number of para-hydroxylation sites is 3. The zero-order chi connectivity index (χ0) is 33.0. The van der Waals surface area contributed by atoms with Gasteiger partial charge in [-0.1, -0.05) is 127 Å². The van der Waals surface area contributed by atoms with E-state index in [1.165, 1.54) is 21.8 Å². The van der Waals surface area contributed by atoms with E-state index in [0.717, 1.165) is 61.3 Å². The van der Waals surface area contributed by atoms with Gasteiger partial charge in [0.25, 0.3) is 0 Å². The van der Waals surface area contributed by atoms with Gasteiger partial charge in [0.2, 0.25) is 0 Å².